The second-order valence-electron chi connectivity index (χ2n) is 4.33. The molecule has 0 saturated carbocycles. The molecule has 90 valence electrons. The van der Waals surface area contributed by atoms with Crippen molar-refractivity contribution in [3.8, 4) is 0 Å². The van der Waals surface area contributed by atoms with Crippen LogP contribution >= 0.6 is 0 Å². The van der Waals surface area contributed by atoms with E-state index in [-0.39, 0.29) is 6.61 Å². The van der Waals surface area contributed by atoms with Crippen LogP contribution in [0.4, 0.5) is 0 Å². The highest BCUT2D eigenvalue weighted by atomic mass is 16.3. The molecule has 0 rings (SSSR count). The lowest BCUT2D eigenvalue weighted by molar-refractivity contribution is 0.324. The molecular weight excluding hydrogens is 184 g/mol. The van der Waals surface area contributed by atoms with Crippen molar-refractivity contribution in [2.24, 2.45) is 0 Å². The Labute approximate surface area is 95.6 Å². The van der Waals surface area contributed by atoms with Crippen LogP contribution in [0, 0.1) is 0 Å². The van der Waals surface area contributed by atoms with Gasteiger partial charge >= 0.3 is 0 Å². The van der Waals surface area contributed by atoms with E-state index < -0.39 is 0 Å². The highest BCUT2D eigenvalue weighted by Crippen LogP contribution is 2.11. The second kappa shape index (κ2) is 11.8. The summed E-state index contributed by atoms with van der Waals surface area (Å²) in [6.07, 6.45) is 13.5. The van der Waals surface area contributed by atoms with E-state index in [2.05, 4.69) is 19.9 Å². The third-order valence-electron chi connectivity index (χ3n) is 2.80. The Morgan fingerprint density at radius 1 is 0.933 bits per heavy atom. The summed E-state index contributed by atoms with van der Waals surface area (Å²) in [5.41, 5.74) is 1.25. The Balaban J connectivity index is 3.50. The summed E-state index contributed by atoms with van der Waals surface area (Å²) in [6.45, 7) is 4.71. The number of hydrogen-bond donors (Lipinski definition) is 1. The van der Waals surface area contributed by atoms with E-state index >= 15 is 0 Å². The van der Waals surface area contributed by atoms with Crippen molar-refractivity contribution in [1.29, 1.82) is 0 Å². The number of hydrogen-bond acceptors (Lipinski definition) is 1. The summed E-state index contributed by atoms with van der Waals surface area (Å²) >= 11 is 0. The topological polar surface area (TPSA) is 20.2 Å². The maximum absolute atomic E-state index is 9.16. The van der Waals surface area contributed by atoms with Crippen molar-refractivity contribution >= 4 is 0 Å². The average Bonchev–Trinajstić information content (AvgIpc) is 2.26. The van der Waals surface area contributed by atoms with Crippen LogP contribution in [-0.4, -0.2) is 11.7 Å². The smallest absolute Gasteiger partial charge is 0.0641 e. The van der Waals surface area contributed by atoms with Crippen molar-refractivity contribution in [2.45, 2.75) is 71.6 Å². The minimum atomic E-state index is 0.261. The molecule has 0 spiro atoms. The predicted molar refractivity (Wildman–Crippen MR) is 68.1 cm³/mol. The molecule has 0 atom stereocenters. The Bertz CT molecular complexity index is 149. The summed E-state index contributed by atoms with van der Waals surface area (Å²) in [5, 5.41) is 9.16. The summed E-state index contributed by atoms with van der Waals surface area (Å²) < 4.78 is 0. The zero-order valence-corrected chi connectivity index (χ0v) is 10.6. The predicted octanol–water partition coefficient (Wildman–Crippen LogP) is 4.46. The number of rotatable bonds is 10. The minimum Gasteiger partial charge on any atom is -0.392 e. The monoisotopic (exact) mass is 212 g/mol. The maximum Gasteiger partial charge on any atom is 0.0641 e. The first-order valence-corrected chi connectivity index (χ1v) is 6.63. The number of unbranched alkanes of at least 4 members (excludes halogenated alkanes) is 6. The third kappa shape index (κ3) is 9.99. The second-order valence-corrected chi connectivity index (χ2v) is 4.33. The molecule has 0 aliphatic rings. The van der Waals surface area contributed by atoms with Crippen molar-refractivity contribution in [1.82, 2.24) is 0 Å². The lowest BCUT2D eigenvalue weighted by Gasteiger charge is -2.03. The Morgan fingerprint density at radius 3 is 2.20 bits per heavy atom. The Kier molecular flexibility index (Phi) is 11.5. The van der Waals surface area contributed by atoms with Gasteiger partial charge in [0.05, 0.1) is 6.61 Å². The number of aliphatic hydroxyl groups excluding tert-OH is 1. The fourth-order valence-corrected chi connectivity index (χ4v) is 1.73. The van der Waals surface area contributed by atoms with E-state index in [1.54, 1.807) is 0 Å². The van der Waals surface area contributed by atoms with E-state index in [1.165, 1.54) is 50.5 Å². The number of aliphatic hydroxyl groups is 1. The molecular formula is C14H28O. The number of allylic oxidation sites excluding steroid dienone is 1. The van der Waals surface area contributed by atoms with Crippen molar-refractivity contribution in [3.63, 3.8) is 0 Å². The van der Waals surface area contributed by atoms with Gasteiger partial charge in [-0.3, -0.25) is 0 Å². The van der Waals surface area contributed by atoms with E-state index in [4.69, 9.17) is 5.11 Å². The average molecular weight is 212 g/mol. The van der Waals surface area contributed by atoms with E-state index in [0.29, 0.717) is 0 Å². The van der Waals surface area contributed by atoms with Gasteiger partial charge in [0.25, 0.3) is 0 Å². The van der Waals surface area contributed by atoms with Crippen LogP contribution in [-0.2, 0) is 0 Å². The zero-order chi connectivity index (χ0) is 11.4. The highest BCUT2D eigenvalue weighted by Gasteiger charge is 1.95. The molecule has 0 aromatic heterocycles. The summed E-state index contributed by atoms with van der Waals surface area (Å²) in [5.74, 6) is 0. The van der Waals surface area contributed by atoms with Gasteiger partial charge < -0.3 is 5.11 Å². The molecule has 0 unspecified atom stereocenters. The van der Waals surface area contributed by atoms with E-state index in [9.17, 15) is 0 Å². The van der Waals surface area contributed by atoms with Gasteiger partial charge in [0, 0.05) is 0 Å². The fraction of sp³-hybridized carbons (Fsp3) is 0.857. The van der Waals surface area contributed by atoms with E-state index in [1.807, 2.05) is 0 Å². The SMILES string of the molecule is CCCCCCC=C(CO)CCCCC. The first-order valence-electron chi connectivity index (χ1n) is 6.63. The maximum atomic E-state index is 9.16. The van der Waals surface area contributed by atoms with Crippen molar-refractivity contribution in [3.05, 3.63) is 11.6 Å². The van der Waals surface area contributed by atoms with Crippen LogP contribution in [0.5, 0.6) is 0 Å². The molecule has 0 aromatic rings. The van der Waals surface area contributed by atoms with Gasteiger partial charge in [0.15, 0.2) is 0 Å². The molecule has 0 bridgehead atoms. The summed E-state index contributed by atoms with van der Waals surface area (Å²) in [7, 11) is 0. The molecule has 1 nitrogen and oxygen atoms in total. The molecule has 0 saturated heterocycles. The zero-order valence-electron chi connectivity index (χ0n) is 10.6. The lowest BCUT2D eigenvalue weighted by Crippen LogP contribution is -1.91. The third-order valence-corrected chi connectivity index (χ3v) is 2.80. The quantitative estimate of drug-likeness (QED) is 0.419. The molecule has 0 amide bonds. The first kappa shape index (κ1) is 14.7. The van der Waals surface area contributed by atoms with Crippen LogP contribution in [0.25, 0.3) is 0 Å². The summed E-state index contributed by atoms with van der Waals surface area (Å²) in [4.78, 5) is 0. The van der Waals surface area contributed by atoms with Crippen LogP contribution in [0.15, 0.2) is 11.6 Å². The fourth-order valence-electron chi connectivity index (χ4n) is 1.73. The van der Waals surface area contributed by atoms with Crippen LogP contribution in [0.1, 0.15) is 71.6 Å². The Hall–Kier alpha value is -0.300. The minimum absolute atomic E-state index is 0.261. The van der Waals surface area contributed by atoms with Gasteiger partial charge in [0.1, 0.15) is 0 Å². The largest absolute Gasteiger partial charge is 0.392 e. The van der Waals surface area contributed by atoms with Gasteiger partial charge in [-0.2, -0.15) is 0 Å². The van der Waals surface area contributed by atoms with Gasteiger partial charge in [-0.25, -0.2) is 0 Å². The first-order chi connectivity index (χ1) is 7.35. The van der Waals surface area contributed by atoms with Gasteiger partial charge in [-0.1, -0.05) is 52.0 Å². The molecule has 1 N–H and O–H groups in total. The van der Waals surface area contributed by atoms with Gasteiger partial charge in [0.2, 0.25) is 0 Å². The standard InChI is InChI=1S/C14H28O/c1-3-5-7-8-10-12-14(13-15)11-9-6-4-2/h12,15H,3-11,13H2,1-2H3. The summed E-state index contributed by atoms with van der Waals surface area (Å²) in [6, 6.07) is 0. The van der Waals surface area contributed by atoms with Gasteiger partial charge in [-0.05, 0) is 31.3 Å². The molecule has 0 radical (unpaired) electrons. The van der Waals surface area contributed by atoms with Crippen LogP contribution < -0.4 is 0 Å². The van der Waals surface area contributed by atoms with Crippen LogP contribution in [0.2, 0.25) is 0 Å². The van der Waals surface area contributed by atoms with Crippen molar-refractivity contribution in [2.75, 3.05) is 6.61 Å². The molecule has 0 aromatic carbocycles. The molecule has 0 fully saturated rings. The normalized spacial score (nSPS) is 12.1. The molecule has 15 heavy (non-hydrogen) atoms. The molecule has 0 aliphatic heterocycles. The highest BCUT2D eigenvalue weighted by molar-refractivity contribution is 5.01. The molecule has 0 aliphatic carbocycles. The molecule has 1 heteroatoms. The van der Waals surface area contributed by atoms with Crippen LogP contribution in [0.3, 0.4) is 0 Å². The molecule has 0 heterocycles. The van der Waals surface area contributed by atoms with E-state index in [0.717, 1.165) is 12.8 Å². The lowest BCUT2D eigenvalue weighted by atomic mass is 10.1. The van der Waals surface area contributed by atoms with Crippen molar-refractivity contribution < 1.29 is 5.11 Å². The van der Waals surface area contributed by atoms with Gasteiger partial charge in [-0.15, -0.1) is 0 Å². The Morgan fingerprint density at radius 2 is 1.60 bits per heavy atom.